The Morgan fingerprint density at radius 3 is 2.30 bits per heavy atom. The molecular formula is C24H32O3. The Hall–Kier alpha value is -2.29. The van der Waals surface area contributed by atoms with Crippen LogP contribution in [0.1, 0.15) is 63.6 Å². The molecule has 0 amide bonds. The molecule has 1 unspecified atom stereocenters. The third kappa shape index (κ3) is 5.85. The van der Waals surface area contributed by atoms with Crippen LogP contribution in [0.5, 0.6) is 5.75 Å². The van der Waals surface area contributed by atoms with Crippen molar-refractivity contribution in [1.29, 1.82) is 0 Å². The first-order valence-electron chi connectivity index (χ1n) is 9.92. The molecule has 2 aromatic carbocycles. The molecule has 0 aliphatic rings. The summed E-state index contributed by atoms with van der Waals surface area (Å²) in [6.45, 7) is 10.4. The molecule has 146 valence electrons. The maximum absolute atomic E-state index is 12.7. The average molecular weight is 369 g/mol. The van der Waals surface area contributed by atoms with Crippen LogP contribution >= 0.6 is 0 Å². The minimum atomic E-state index is -1.07. The molecule has 0 fully saturated rings. The second-order valence-electron chi connectivity index (χ2n) is 7.52. The molecule has 0 saturated heterocycles. The topological polar surface area (TPSA) is 35.5 Å². The number of carbonyl (C=O) groups is 1. The number of hydrogen-bond acceptors (Lipinski definition) is 3. The molecule has 0 saturated carbocycles. The molecule has 3 heteroatoms. The predicted octanol–water partition coefficient (Wildman–Crippen LogP) is 5.71. The van der Waals surface area contributed by atoms with E-state index in [1.807, 2.05) is 50.2 Å². The summed E-state index contributed by atoms with van der Waals surface area (Å²) in [6, 6.07) is 16.3. The predicted molar refractivity (Wildman–Crippen MR) is 110 cm³/mol. The SMILES string of the molecule is CCCc1cccc(CC(C)(Oc2ccc(C(C)C)cc2)C(=O)OCC)c1. The van der Waals surface area contributed by atoms with Gasteiger partial charge in [0.2, 0.25) is 5.60 Å². The summed E-state index contributed by atoms with van der Waals surface area (Å²) < 4.78 is 11.5. The molecule has 0 bridgehead atoms. The van der Waals surface area contributed by atoms with E-state index in [0.29, 0.717) is 24.7 Å². The number of aryl methyl sites for hydroxylation is 1. The number of carbonyl (C=O) groups excluding carboxylic acids is 1. The monoisotopic (exact) mass is 368 g/mol. The van der Waals surface area contributed by atoms with Gasteiger partial charge in [0.1, 0.15) is 5.75 Å². The zero-order valence-electron chi connectivity index (χ0n) is 17.2. The normalized spacial score (nSPS) is 13.3. The summed E-state index contributed by atoms with van der Waals surface area (Å²) in [4.78, 5) is 12.7. The molecule has 2 rings (SSSR count). The maximum Gasteiger partial charge on any atom is 0.350 e. The number of hydrogen-bond donors (Lipinski definition) is 0. The lowest BCUT2D eigenvalue weighted by Gasteiger charge is -2.29. The quantitative estimate of drug-likeness (QED) is 0.532. The highest BCUT2D eigenvalue weighted by molar-refractivity contribution is 5.80. The van der Waals surface area contributed by atoms with Gasteiger partial charge in [0, 0.05) is 6.42 Å². The van der Waals surface area contributed by atoms with Crippen LogP contribution in [0.15, 0.2) is 48.5 Å². The van der Waals surface area contributed by atoms with Crippen LogP contribution in [0.25, 0.3) is 0 Å². The fraction of sp³-hybridized carbons (Fsp3) is 0.458. The molecule has 3 nitrogen and oxygen atoms in total. The molecule has 0 aliphatic carbocycles. The lowest BCUT2D eigenvalue weighted by atomic mass is 9.94. The van der Waals surface area contributed by atoms with E-state index in [9.17, 15) is 4.79 Å². The molecule has 0 N–H and O–H groups in total. The van der Waals surface area contributed by atoms with Crippen molar-refractivity contribution >= 4 is 5.97 Å². The van der Waals surface area contributed by atoms with Crippen molar-refractivity contribution in [2.45, 2.75) is 65.4 Å². The van der Waals surface area contributed by atoms with Gasteiger partial charge in [-0.1, -0.05) is 63.6 Å². The van der Waals surface area contributed by atoms with Gasteiger partial charge < -0.3 is 9.47 Å². The Morgan fingerprint density at radius 2 is 1.70 bits per heavy atom. The van der Waals surface area contributed by atoms with Crippen molar-refractivity contribution < 1.29 is 14.3 Å². The molecular weight excluding hydrogens is 336 g/mol. The first kappa shape index (κ1) is 21.0. The Labute approximate surface area is 163 Å². The van der Waals surface area contributed by atoms with Crippen LogP contribution in [-0.4, -0.2) is 18.2 Å². The Kier molecular flexibility index (Phi) is 7.46. The summed E-state index contributed by atoms with van der Waals surface area (Å²) in [5.74, 6) is 0.801. The average Bonchev–Trinajstić information content (AvgIpc) is 2.63. The summed E-state index contributed by atoms with van der Waals surface area (Å²) in [7, 11) is 0. The van der Waals surface area contributed by atoms with Crippen LogP contribution in [-0.2, 0) is 22.4 Å². The summed E-state index contributed by atoms with van der Waals surface area (Å²) >= 11 is 0. The highest BCUT2D eigenvalue weighted by Gasteiger charge is 2.37. The van der Waals surface area contributed by atoms with E-state index < -0.39 is 5.60 Å². The Morgan fingerprint density at radius 1 is 1.04 bits per heavy atom. The van der Waals surface area contributed by atoms with Gasteiger partial charge in [0.15, 0.2) is 0 Å². The molecule has 0 heterocycles. The van der Waals surface area contributed by atoms with Gasteiger partial charge >= 0.3 is 5.97 Å². The van der Waals surface area contributed by atoms with Gasteiger partial charge in [-0.3, -0.25) is 0 Å². The van der Waals surface area contributed by atoms with E-state index in [1.165, 1.54) is 11.1 Å². The largest absolute Gasteiger partial charge is 0.476 e. The van der Waals surface area contributed by atoms with E-state index in [1.54, 1.807) is 0 Å². The molecule has 0 aliphatic heterocycles. The van der Waals surface area contributed by atoms with Crippen molar-refractivity contribution in [2.24, 2.45) is 0 Å². The third-order valence-electron chi connectivity index (χ3n) is 4.67. The summed E-state index contributed by atoms with van der Waals surface area (Å²) in [6.07, 6.45) is 2.59. The summed E-state index contributed by atoms with van der Waals surface area (Å²) in [5, 5.41) is 0. The van der Waals surface area contributed by atoms with Crippen molar-refractivity contribution in [3.8, 4) is 5.75 Å². The zero-order chi connectivity index (χ0) is 19.9. The number of esters is 1. The maximum atomic E-state index is 12.7. The van der Waals surface area contributed by atoms with Crippen LogP contribution in [0.2, 0.25) is 0 Å². The first-order chi connectivity index (χ1) is 12.9. The highest BCUT2D eigenvalue weighted by Crippen LogP contribution is 2.26. The third-order valence-corrected chi connectivity index (χ3v) is 4.67. The molecule has 0 radical (unpaired) electrons. The van der Waals surface area contributed by atoms with Crippen LogP contribution < -0.4 is 4.74 Å². The minimum absolute atomic E-state index is 0.333. The first-order valence-corrected chi connectivity index (χ1v) is 9.92. The molecule has 2 aromatic rings. The van der Waals surface area contributed by atoms with E-state index >= 15 is 0 Å². The van der Waals surface area contributed by atoms with E-state index in [-0.39, 0.29) is 5.97 Å². The van der Waals surface area contributed by atoms with E-state index in [2.05, 4.69) is 32.9 Å². The van der Waals surface area contributed by atoms with Crippen molar-refractivity contribution in [1.82, 2.24) is 0 Å². The Bertz CT molecular complexity index is 734. The number of benzene rings is 2. The second kappa shape index (κ2) is 9.59. The second-order valence-corrected chi connectivity index (χ2v) is 7.52. The molecule has 27 heavy (non-hydrogen) atoms. The summed E-state index contributed by atoms with van der Waals surface area (Å²) in [5.41, 5.74) is 2.53. The molecule has 0 aromatic heterocycles. The zero-order valence-corrected chi connectivity index (χ0v) is 17.2. The van der Waals surface area contributed by atoms with Gasteiger partial charge in [-0.15, -0.1) is 0 Å². The van der Waals surface area contributed by atoms with Crippen molar-refractivity contribution in [2.75, 3.05) is 6.61 Å². The molecule has 0 spiro atoms. The van der Waals surface area contributed by atoms with E-state index in [4.69, 9.17) is 9.47 Å². The van der Waals surface area contributed by atoms with Gasteiger partial charge in [-0.05, 0) is 55.0 Å². The van der Waals surface area contributed by atoms with Gasteiger partial charge in [-0.25, -0.2) is 4.79 Å². The molecule has 1 atom stereocenters. The highest BCUT2D eigenvalue weighted by atomic mass is 16.6. The number of rotatable bonds is 9. The standard InChI is InChI=1S/C24H32O3/c1-6-9-19-10-8-11-20(16-19)17-24(5,23(25)26-7-2)27-22-14-12-21(13-15-22)18(3)4/h8,10-16,18H,6-7,9,17H2,1-5H3. The van der Waals surface area contributed by atoms with Gasteiger partial charge in [0.05, 0.1) is 6.61 Å². The fourth-order valence-corrected chi connectivity index (χ4v) is 3.19. The van der Waals surface area contributed by atoms with Crippen LogP contribution in [0.3, 0.4) is 0 Å². The number of ether oxygens (including phenoxy) is 2. The Balaban J connectivity index is 2.26. The minimum Gasteiger partial charge on any atom is -0.476 e. The van der Waals surface area contributed by atoms with E-state index in [0.717, 1.165) is 18.4 Å². The van der Waals surface area contributed by atoms with Crippen molar-refractivity contribution in [3.05, 3.63) is 65.2 Å². The smallest absolute Gasteiger partial charge is 0.350 e. The van der Waals surface area contributed by atoms with Gasteiger partial charge in [0.25, 0.3) is 0 Å². The fourth-order valence-electron chi connectivity index (χ4n) is 3.19. The van der Waals surface area contributed by atoms with Crippen LogP contribution in [0, 0.1) is 0 Å². The van der Waals surface area contributed by atoms with Crippen LogP contribution in [0.4, 0.5) is 0 Å². The van der Waals surface area contributed by atoms with Gasteiger partial charge in [-0.2, -0.15) is 0 Å². The van der Waals surface area contributed by atoms with Crippen molar-refractivity contribution in [3.63, 3.8) is 0 Å². The lowest BCUT2D eigenvalue weighted by Crippen LogP contribution is -2.45. The lowest BCUT2D eigenvalue weighted by molar-refractivity contribution is -0.160.